The van der Waals surface area contributed by atoms with Crippen LogP contribution in [0.5, 0.6) is 5.75 Å². The van der Waals surface area contributed by atoms with Crippen molar-refractivity contribution in [2.24, 2.45) is 0 Å². The summed E-state index contributed by atoms with van der Waals surface area (Å²) in [5.41, 5.74) is 2.74. The third-order valence-electron chi connectivity index (χ3n) is 3.35. The molecule has 0 heterocycles. The van der Waals surface area contributed by atoms with Crippen molar-refractivity contribution in [2.45, 2.75) is 19.9 Å². The van der Waals surface area contributed by atoms with Crippen molar-refractivity contribution in [2.75, 3.05) is 7.11 Å². The Labute approximate surface area is 119 Å². The van der Waals surface area contributed by atoms with Crippen molar-refractivity contribution in [3.8, 4) is 5.75 Å². The first kappa shape index (κ1) is 14.1. The number of hydrogen-bond donors (Lipinski definition) is 1. The zero-order valence-corrected chi connectivity index (χ0v) is 12.0. The summed E-state index contributed by atoms with van der Waals surface area (Å²) >= 11 is 0. The fourth-order valence-electron chi connectivity index (χ4n) is 2.08. The quantitative estimate of drug-likeness (QED) is 0.922. The van der Waals surface area contributed by atoms with Gasteiger partial charge in [-0.1, -0.05) is 30.3 Å². The van der Waals surface area contributed by atoms with Gasteiger partial charge in [-0.3, -0.25) is 4.79 Å². The average molecular weight is 269 g/mol. The van der Waals surface area contributed by atoms with Crippen LogP contribution in [-0.2, 0) is 0 Å². The highest BCUT2D eigenvalue weighted by atomic mass is 16.5. The van der Waals surface area contributed by atoms with Crippen LogP contribution in [-0.4, -0.2) is 13.0 Å². The number of nitrogens with one attached hydrogen (secondary N) is 1. The largest absolute Gasteiger partial charge is 0.497 e. The molecule has 1 atom stereocenters. The fourth-order valence-corrected chi connectivity index (χ4v) is 2.08. The number of carbonyl (C=O) groups excluding carboxylic acids is 1. The first-order chi connectivity index (χ1) is 9.61. The zero-order chi connectivity index (χ0) is 14.5. The van der Waals surface area contributed by atoms with Gasteiger partial charge in [0.25, 0.3) is 5.91 Å². The molecule has 2 rings (SSSR count). The smallest absolute Gasteiger partial charge is 0.252 e. The highest BCUT2D eigenvalue weighted by Crippen LogP contribution is 2.18. The molecule has 2 aromatic carbocycles. The number of methoxy groups -OCH3 is 1. The van der Waals surface area contributed by atoms with Gasteiger partial charge in [0.05, 0.1) is 13.2 Å². The van der Waals surface area contributed by atoms with Crippen LogP contribution in [0.15, 0.2) is 48.5 Å². The van der Waals surface area contributed by atoms with Gasteiger partial charge >= 0.3 is 0 Å². The van der Waals surface area contributed by atoms with Gasteiger partial charge in [-0.25, -0.2) is 0 Å². The van der Waals surface area contributed by atoms with E-state index in [0.29, 0.717) is 5.56 Å². The molecule has 0 saturated heterocycles. The summed E-state index contributed by atoms with van der Waals surface area (Å²) in [6.07, 6.45) is 0. The van der Waals surface area contributed by atoms with Crippen LogP contribution in [0, 0.1) is 6.92 Å². The van der Waals surface area contributed by atoms with E-state index in [9.17, 15) is 4.79 Å². The van der Waals surface area contributed by atoms with Crippen molar-refractivity contribution in [3.05, 3.63) is 65.2 Å². The van der Waals surface area contributed by atoms with E-state index in [-0.39, 0.29) is 11.9 Å². The molecule has 0 aliphatic rings. The Kier molecular flexibility index (Phi) is 4.41. The lowest BCUT2D eigenvalue weighted by Crippen LogP contribution is -2.27. The van der Waals surface area contributed by atoms with Gasteiger partial charge in [-0.05, 0) is 43.2 Å². The van der Waals surface area contributed by atoms with Gasteiger partial charge in [0.1, 0.15) is 5.75 Å². The number of ether oxygens (including phenoxy) is 1. The van der Waals surface area contributed by atoms with E-state index in [1.165, 1.54) is 0 Å². The molecule has 2 aromatic rings. The fraction of sp³-hybridized carbons (Fsp3) is 0.235. The highest BCUT2D eigenvalue weighted by molar-refractivity contribution is 5.95. The minimum Gasteiger partial charge on any atom is -0.497 e. The van der Waals surface area contributed by atoms with Gasteiger partial charge < -0.3 is 10.1 Å². The Bertz CT molecular complexity index is 590. The van der Waals surface area contributed by atoms with Crippen LogP contribution in [0.4, 0.5) is 0 Å². The van der Waals surface area contributed by atoms with E-state index in [4.69, 9.17) is 4.74 Å². The highest BCUT2D eigenvalue weighted by Gasteiger charge is 2.12. The molecule has 0 bridgehead atoms. The van der Waals surface area contributed by atoms with E-state index in [1.807, 2.05) is 62.4 Å². The van der Waals surface area contributed by atoms with Gasteiger partial charge in [-0.15, -0.1) is 0 Å². The summed E-state index contributed by atoms with van der Waals surface area (Å²) in [7, 11) is 1.64. The molecule has 1 amide bonds. The van der Waals surface area contributed by atoms with Crippen LogP contribution >= 0.6 is 0 Å². The van der Waals surface area contributed by atoms with Crippen molar-refractivity contribution in [1.29, 1.82) is 0 Å². The Balaban J connectivity index is 2.09. The van der Waals surface area contributed by atoms with E-state index < -0.39 is 0 Å². The molecule has 0 aliphatic heterocycles. The van der Waals surface area contributed by atoms with Crippen LogP contribution in [0.1, 0.15) is 34.5 Å². The molecule has 3 nitrogen and oxygen atoms in total. The third-order valence-corrected chi connectivity index (χ3v) is 3.35. The first-order valence-electron chi connectivity index (χ1n) is 6.62. The number of rotatable bonds is 4. The molecule has 0 saturated carbocycles. The molecule has 0 aliphatic carbocycles. The van der Waals surface area contributed by atoms with Crippen molar-refractivity contribution < 1.29 is 9.53 Å². The van der Waals surface area contributed by atoms with Crippen molar-refractivity contribution in [3.63, 3.8) is 0 Å². The predicted octanol–water partition coefficient (Wildman–Crippen LogP) is 3.49. The van der Waals surface area contributed by atoms with Gasteiger partial charge in [0, 0.05) is 5.56 Å². The zero-order valence-electron chi connectivity index (χ0n) is 12.0. The minimum atomic E-state index is -0.0496. The van der Waals surface area contributed by atoms with Gasteiger partial charge in [-0.2, -0.15) is 0 Å². The SMILES string of the molecule is COc1ccc(C(C)NC(=O)c2ccccc2C)cc1. The third kappa shape index (κ3) is 3.18. The van der Waals surface area contributed by atoms with E-state index in [1.54, 1.807) is 7.11 Å². The minimum absolute atomic E-state index is 0.0481. The standard InChI is InChI=1S/C17H19NO2/c1-12-6-4-5-7-16(12)17(19)18-13(2)14-8-10-15(20-3)11-9-14/h4-11,13H,1-3H3,(H,18,19). The number of carbonyl (C=O) groups is 1. The molecule has 0 fully saturated rings. The van der Waals surface area contributed by atoms with Crippen molar-refractivity contribution in [1.82, 2.24) is 5.32 Å². The lowest BCUT2D eigenvalue weighted by molar-refractivity contribution is 0.0939. The monoisotopic (exact) mass is 269 g/mol. The molecule has 104 valence electrons. The molecule has 1 unspecified atom stereocenters. The lowest BCUT2D eigenvalue weighted by Gasteiger charge is -2.15. The number of aryl methyl sites for hydroxylation is 1. The molecule has 0 aromatic heterocycles. The topological polar surface area (TPSA) is 38.3 Å². The number of amides is 1. The Hall–Kier alpha value is -2.29. The van der Waals surface area contributed by atoms with Crippen molar-refractivity contribution >= 4 is 5.91 Å². The van der Waals surface area contributed by atoms with E-state index in [0.717, 1.165) is 16.9 Å². The molecule has 3 heteroatoms. The van der Waals surface area contributed by atoms with E-state index in [2.05, 4.69) is 5.32 Å². The average Bonchev–Trinajstić information content (AvgIpc) is 2.47. The lowest BCUT2D eigenvalue weighted by atomic mass is 10.1. The van der Waals surface area contributed by atoms with Gasteiger partial charge in [0.15, 0.2) is 0 Å². The van der Waals surface area contributed by atoms with Crippen LogP contribution in [0.2, 0.25) is 0 Å². The summed E-state index contributed by atoms with van der Waals surface area (Å²) in [6, 6.07) is 15.2. The molecular weight excluding hydrogens is 250 g/mol. The summed E-state index contributed by atoms with van der Waals surface area (Å²) in [5, 5.41) is 3.01. The second kappa shape index (κ2) is 6.24. The maximum Gasteiger partial charge on any atom is 0.252 e. The normalized spacial score (nSPS) is 11.8. The molecule has 0 radical (unpaired) electrons. The summed E-state index contributed by atoms with van der Waals surface area (Å²) in [6.45, 7) is 3.91. The molecule has 0 spiro atoms. The number of benzene rings is 2. The second-order valence-electron chi connectivity index (χ2n) is 4.78. The first-order valence-corrected chi connectivity index (χ1v) is 6.62. The maximum absolute atomic E-state index is 12.2. The maximum atomic E-state index is 12.2. The summed E-state index contributed by atoms with van der Waals surface area (Å²) in [5.74, 6) is 0.762. The Morgan fingerprint density at radius 1 is 1.10 bits per heavy atom. The predicted molar refractivity (Wildman–Crippen MR) is 80.1 cm³/mol. The summed E-state index contributed by atoms with van der Waals surface area (Å²) in [4.78, 5) is 12.2. The molecule has 1 N–H and O–H groups in total. The Morgan fingerprint density at radius 3 is 2.35 bits per heavy atom. The second-order valence-corrected chi connectivity index (χ2v) is 4.78. The van der Waals surface area contributed by atoms with Crippen LogP contribution in [0.3, 0.4) is 0 Å². The van der Waals surface area contributed by atoms with Crippen LogP contribution in [0.25, 0.3) is 0 Å². The summed E-state index contributed by atoms with van der Waals surface area (Å²) < 4.78 is 5.13. The Morgan fingerprint density at radius 2 is 1.75 bits per heavy atom. The molecular formula is C17H19NO2. The molecule has 20 heavy (non-hydrogen) atoms. The van der Waals surface area contributed by atoms with Crippen LogP contribution < -0.4 is 10.1 Å². The number of hydrogen-bond acceptors (Lipinski definition) is 2. The van der Waals surface area contributed by atoms with E-state index >= 15 is 0 Å². The van der Waals surface area contributed by atoms with Gasteiger partial charge in [0.2, 0.25) is 0 Å².